The Morgan fingerprint density at radius 2 is 2.00 bits per heavy atom. The summed E-state index contributed by atoms with van der Waals surface area (Å²) < 4.78 is 39.8. The van der Waals surface area contributed by atoms with Gasteiger partial charge in [0.25, 0.3) is 0 Å². The van der Waals surface area contributed by atoms with E-state index in [4.69, 9.17) is 0 Å². The van der Waals surface area contributed by atoms with Crippen molar-refractivity contribution >= 4 is 21.6 Å². The van der Waals surface area contributed by atoms with Gasteiger partial charge in [-0.05, 0) is 43.4 Å². The van der Waals surface area contributed by atoms with Crippen LogP contribution in [-0.4, -0.2) is 13.1 Å². The molecule has 0 spiro atoms. The fourth-order valence-electron chi connectivity index (χ4n) is 2.55. The average molecular weight is 350 g/mol. The van der Waals surface area contributed by atoms with E-state index in [0.717, 1.165) is 19.4 Å². The molecule has 0 radical (unpaired) electrons. The second-order valence-electron chi connectivity index (χ2n) is 5.32. The molecule has 1 aliphatic carbocycles. The van der Waals surface area contributed by atoms with Crippen molar-refractivity contribution in [2.24, 2.45) is 5.92 Å². The molecule has 20 heavy (non-hydrogen) atoms. The molecule has 0 bridgehead atoms. The monoisotopic (exact) mass is 349 g/mol. The second-order valence-corrected chi connectivity index (χ2v) is 5.88. The minimum Gasteiger partial charge on any atom is -0.371 e. The van der Waals surface area contributed by atoms with Gasteiger partial charge in [-0.2, -0.15) is 13.2 Å². The van der Waals surface area contributed by atoms with Gasteiger partial charge in [0.15, 0.2) is 0 Å². The van der Waals surface area contributed by atoms with Crippen molar-refractivity contribution < 1.29 is 13.2 Å². The Kier molecular flexibility index (Phi) is 4.99. The molecule has 0 atom stereocenters. The molecule has 2 rings (SSSR count). The highest BCUT2D eigenvalue weighted by atomic mass is 79.9. The van der Waals surface area contributed by atoms with Gasteiger partial charge in [-0.15, -0.1) is 0 Å². The van der Waals surface area contributed by atoms with Crippen LogP contribution >= 0.6 is 15.9 Å². The minimum atomic E-state index is -4.31. The Hall–Kier alpha value is -0.710. The molecule has 5 heteroatoms. The van der Waals surface area contributed by atoms with Gasteiger partial charge in [0.05, 0.1) is 5.56 Å². The number of hydrogen-bond acceptors (Lipinski definition) is 1. The first-order chi connectivity index (χ1) is 9.45. The highest BCUT2D eigenvalue weighted by molar-refractivity contribution is 9.08. The van der Waals surface area contributed by atoms with E-state index in [9.17, 15) is 13.2 Å². The predicted octanol–water partition coefficient (Wildman–Crippen LogP) is 5.23. The molecule has 0 heterocycles. The van der Waals surface area contributed by atoms with Crippen molar-refractivity contribution in [3.63, 3.8) is 0 Å². The first-order valence-corrected chi connectivity index (χ1v) is 8.09. The number of hydrogen-bond donors (Lipinski definition) is 0. The van der Waals surface area contributed by atoms with E-state index >= 15 is 0 Å². The van der Waals surface area contributed by atoms with Crippen LogP contribution in [-0.2, 0) is 11.5 Å². The zero-order chi connectivity index (χ0) is 14.8. The number of rotatable bonds is 5. The lowest BCUT2D eigenvalue weighted by Crippen LogP contribution is -2.33. The van der Waals surface area contributed by atoms with E-state index in [2.05, 4.69) is 15.9 Å². The average Bonchev–Trinajstić information content (AvgIpc) is 2.36. The van der Waals surface area contributed by atoms with Gasteiger partial charge in [0.1, 0.15) is 0 Å². The van der Waals surface area contributed by atoms with Gasteiger partial charge in [-0.25, -0.2) is 0 Å². The largest absolute Gasteiger partial charge is 0.418 e. The van der Waals surface area contributed by atoms with E-state index < -0.39 is 11.7 Å². The van der Waals surface area contributed by atoms with Crippen molar-refractivity contribution in [1.29, 1.82) is 0 Å². The Labute approximate surface area is 126 Å². The summed E-state index contributed by atoms with van der Waals surface area (Å²) in [5.74, 6) is 0.548. The number of anilines is 1. The summed E-state index contributed by atoms with van der Waals surface area (Å²) in [5.41, 5.74) is 0.452. The second kappa shape index (κ2) is 6.37. The lowest BCUT2D eigenvalue weighted by molar-refractivity contribution is -0.137. The van der Waals surface area contributed by atoms with Crippen LogP contribution in [0.3, 0.4) is 0 Å². The molecule has 0 unspecified atom stereocenters. The molecule has 0 amide bonds. The van der Waals surface area contributed by atoms with Crippen molar-refractivity contribution in [3.8, 4) is 0 Å². The third-order valence-electron chi connectivity index (χ3n) is 3.95. The molecule has 0 saturated heterocycles. The minimum absolute atomic E-state index is 0.316. The summed E-state index contributed by atoms with van der Waals surface area (Å²) in [6, 6.07) is 4.64. The lowest BCUT2D eigenvalue weighted by atomic mass is 9.85. The summed E-state index contributed by atoms with van der Waals surface area (Å²) >= 11 is 3.22. The van der Waals surface area contributed by atoms with Crippen LogP contribution in [0.2, 0.25) is 0 Å². The van der Waals surface area contributed by atoms with E-state index in [1.807, 2.05) is 11.8 Å². The Bertz CT molecular complexity index is 455. The van der Waals surface area contributed by atoms with E-state index in [1.165, 1.54) is 12.5 Å². The first-order valence-electron chi connectivity index (χ1n) is 6.96. The number of halogens is 4. The molecule has 0 aliphatic heterocycles. The highest BCUT2D eigenvalue weighted by Crippen LogP contribution is 2.39. The lowest BCUT2D eigenvalue weighted by Gasteiger charge is -2.34. The predicted molar refractivity (Wildman–Crippen MR) is 79.3 cm³/mol. The van der Waals surface area contributed by atoms with Gasteiger partial charge in [0.2, 0.25) is 0 Å². The summed E-state index contributed by atoms with van der Waals surface area (Å²) in [7, 11) is 0. The van der Waals surface area contributed by atoms with E-state index in [-0.39, 0.29) is 0 Å². The van der Waals surface area contributed by atoms with Gasteiger partial charge in [-0.1, -0.05) is 28.4 Å². The number of alkyl halides is 4. The van der Waals surface area contributed by atoms with Gasteiger partial charge < -0.3 is 4.90 Å². The molecule has 1 aromatic carbocycles. The van der Waals surface area contributed by atoms with Crippen LogP contribution in [0.5, 0.6) is 0 Å². The first kappa shape index (κ1) is 15.7. The molecule has 1 saturated carbocycles. The van der Waals surface area contributed by atoms with Crippen molar-refractivity contribution in [1.82, 2.24) is 0 Å². The maximum Gasteiger partial charge on any atom is 0.418 e. The zero-order valence-electron chi connectivity index (χ0n) is 11.5. The zero-order valence-corrected chi connectivity index (χ0v) is 13.1. The molecule has 1 nitrogen and oxygen atoms in total. The fourth-order valence-corrected chi connectivity index (χ4v) is 2.90. The molecule has 0 N–H and O–H groups in total. The summed E-state index contributed by atoms with van der Waals surface area (Å²) in [6.45, 7) is 3.25. The third-order valence-corrected chi connectivity index (χ3v) is 4.59. The molecule has 112 valence electrons. The normalized spacial score (nSPS) is 16.1. The molecule has 1 fully saturated rings. The van der Waals surface area contributed by atoms with Gasteiger partial charge in [-0.3, -0.25) is 0 Å². The number of benzene rings is 1. The van der Waals surface area contributed by atoms with Crippen LogP contribution in [0.1, 0.15) is 37.3 Å². The Morgan fingerprint density at radius 3 is 2.45 bits per heavy atom. The van der Waals surface area contributed by atoms with Crippen molar-refractivity contribution in [2.45, 2.75) is 37.7 Å². The van der Waals surface area contributed by atoms with E-state index in [0.29, 0.717) is 29.0 Å². The van der Waals surface area contributed by atoms with Crippen molar-refractivity contribution in [2.75, 3.05) is 18.0 Å². The summed E-state index contributed by atoms with van der Waals surface area (Å²) in [4.78, 5) is 1.87. The maximum atomic E-state index is 13.3. The molecular formula is C15H19BrF3N. The van der Waals surface area contributed by atoms with Crippen LogP contribution < -0.4 is 4.90 Å². The Balaban J connectivity index is 2.31. The van der Waals surface area contributed by atoms with Gasteiger partial charge in [0, 0.05) is 24.1 Å². The fraction of sp³-hybridized carbons (Fsp3) is 0.600. The standard InChI is InChI=1S/C15H19BrF3N/c1-2-20(10-11-4-3-5-11)14-7-6-12(9-16)8-13(14)15(17,18)19/h6-8,11H,2-5,9-10H2,1H3. The van der Waals surface area contributed by atoms with Crippen LogP contribution in [0.15, 0.2) is 18.2 Å². The van der Waals surface area contributed by atoms with Crippen LogP contribution in [0, 0.1) is 5.92 Å². The summed E-state index contributed by atoms with van der Waals surface area (Å²) in [5, 5.41) is 0.436. The third kappa shape index (κ3) is 3.48. The molecule has 1 aromatic rings. The van der Waals surface area contributed by atoms with Gasteiger partial charge >= 0.3 is 6.18 Å². The number of nitrogens with zero attached hydrogens (tertiary/aromatic N) is 1. The van der Waals surface area contributed by atoms with Crippen molar-refractivity contribution in [3.05, 3.63) is 29.3 Å². The SMILES string of the molecule is CCN(CC1CCC1)c1ccc(CBr)cc1C(F)(F)F. The van der Waals surface area contributed by atoms with Crippen LogP contribution in [0.25, 0.3) is 0 Å². The summed E-state index contributed by atoms with van der Waals surface area (Å²) in [6.07, 6.45) is -0.827. The quantitative estimate of drug-likeness (QED) is 0.658. The van der Waals surface area contributed by atoms with E-state index in [1.54, 1.807) is 12.1 Å². The maximum absolute atomic E-state index is 13.3. The molecule has 0 aromatic heterocycles. The highest BCUT2D eigenvalue weighted by Gasteiger charge is 2.35. The Morgan fingerprint density at radius 1 is 1.30 bits per heavy atom. The smallest absolute Gasteiger partial charge is 0.371 e. The molecular weight excluding hydrogens is 331 g/mol. The topological polar surface area (TPSA) is 3.24 Å². The van der Waals surface area contributed by atoms with Crippen LogP contribution in [0.4, 0.5) is 18.9 Å². The molecule has 1 aliphatic rings.